The number of ether oxygens (including phenoxy) is 1. The van der Waals surface area contributed by atoms with Gasteiger partial charge in [0, 0.05) is 10.5 Å². The summed E-state index contributed by atoms with van der Waals surface area (Å²) in [7, 11) is 0. The number of rotatable bonds is 3. The van der Waals surface area contributed by atoms with E-state index in [0.29, 0.717) is 0 Å². The van der Waals surface area contributed by atoms with Crippen LogP contribution in [0.2, 0.25) is 0 Å². The van der Waals surface area contributed by atoms with E-state index in [1.807, 2.05) is 12.1 Å². The van der Waals surface area contributed by atoms with E-state index in [4.69, 9.17) is 10.5 Å². The highest BCUT2D eigenvalue weighted by atomic mass is 79.9. The summed E-state index contributed by atoms with van der Waals surface area (Å²) in [5.74, 6) is 0.152. The van der Waals surface area contributed by atoms with E-state index in [9.17, 15) is 13.2 Å². The van der Waals surface area contributed by atoms with E-state index < -0.39 is 18.3 Å². The predicted octanol–water partition coefficient (Wildman–Crippen LogP) is 4.26. The van der Waals surface area contributed by atoms with Crippen molar-refractivity contribution in [1.82, 2.24) is 0 Å². The van der Waals surface area contributed by atoms with Crippen molar-refractivity contribution < 1.29 is 17.9 Å². The molecule has 0 bridgehead atoms. The lowest BCUT2D eigenvalue weighted by molar-refractivity contribution is -0.199. The van der Waals surface area contributed by atoms with Gasteiger partial charge in [0.1, 0.15) is 5.75 Å². The van der Waals surface area contributed by atoms with Gasteiger partial charge in [0.15, 0.2) is 0 Å². The van der Waals surface area contributed by atoms with Crippen LogP contribution in [-0.2, 0) is 0 Å². The standard InChI is InChI=1S/C14H13BrF3NO/c1-8(19)13(14(16,17)18)20-12-5-3-9-6-11(15)4-2-10(9)7-12/h2-8,13H,19H2,1H3. The molecule has 0 aromatic heterocycles. The molecule has 2 aromatic rings. The summed E-state index contributed by atoms with van der Waals surface area (Å²) in [6.45, 7) is 1.27. The number of hydrogen-bond donors (Lipinski definition) is 1. The van der Waals surface area contributed by atoms with E-state index in [-0.39, 0.29) is 5.75 Å². The molecule has 0 radical (unpaired) electrons. The molecule has 0 spiro atoms. The molecule has 2 aromatic carbocycles. The first-order valence-electron chi connectivity index (χ1n) is 5.95. The van der Waals surface area contributed by atoms with E-state index in [2.05, 4.69) is 15.9 Å². The van der Waals surface area contributed by atoms with Gasteiger partial charge in [-0.3, -0.25) is 0 Å². The van der Waals surface area contributed by atoms with Crippen LogP contribution < -0.4 is 10.5 Å². The minimum Gasteiger partial charge on any atom is -0.479 e. The summed E-state index contributed by atoms with van der Waals surface area (Å²) in [4.78, 5) is 0. The smallest absolute Gasteiger partial charge is 0.426 e. The SMILES string of the molecule is CC(N)C(Oc1ccc2cc(Br)ccc2c1)C(F)(F)F. The highest BCUT2D eigenvalue weighted by molar-refractivity contribution is 9.10. The average Bonchev–Trinajstić information content (AvgIpc) is 2.34. The van der Waals surface area contributed by atoms with Crippen molar-refractivity contribution in [2.45, 2.75) is 25.2 Å². The van der Waals surface area contributed by atoms with Crippen molar-refractivity contribution in [1.29, 1.82) is 0 Å². The molecule has 2 nitrogen and oxygen atoms in total. The lowest BCUT2D eigenvalue weighted by Gasteiger charge is -2.24. The lowest BCUT2D eigenvalue weighted by Crippen LogP contribution is -2.47. The minimum absolute atomic E-state index is 0.152. The van der Waals surface area contributed by atoms with Gasteiger partial charge < -0.3 is 10.5 Å². The molecule has 6 heteroatoms. The fourth-order valence-corrected chi connectivity index (χ4v) is 2.27. The molecule has 0 heterocycles. The maximum atomic E-state index is 12.8. The van der Waals surface area contributed by atoms with Gasteiger partial charge in [0.05, 0.1) is 0 Å². The third-order valence-electron chi connectivity index (χ3n) is 2.84. The molecule has 2 atom stereocenters. The van der Waals surface area contributed by atoms with Crippen LogP contribution in [0.5, 0.6) is 5.75 Å². The minimum atomic E-state index is -4.50. The first kappa shape index (κ1) is 15.1. The number of hydrogen-bond acceptors (Lipinski definition) is 2. The van der Waals surface area contributed by atoms with Crippen LogP contribution in [0.25, 0.3) is 10.8 Å². The Bertz CT molecular complexity index is 613. The molecule has 0 aliphatic rings. The summed E-state index contributed by atoms with van der Waals surface area (Å²) < 4.78 is 44.4. The molecule has 0 fully saturated rings. The highest BCUT2D eigenvalue weighted by Gasteiger charge is 2.44. The Balaban J connectivity index is 2.31. The Morgan fingerprint density at radius 2 is 1.70 bits per heavy atom. The zero-order valence-corrected chi connectivity index (χ0v) is 12.2. The summed E-state index contributed by atoms with van der Waals surface area (Å²) in [5, 5.41) is 1.72. The first-order chi connectivity index (χ1) is 9.27. The maximum absolute atomic E-state index is 12.8. The fourth-order valence-electron chi connectivity index (χ4n) is 1.89. The maximum Gasteiger partial charge on any atom is 0.426 e. The molecule has 2 rings (SSSR count). The number of benzene rings is 2. The number of alkyl halides is 3. The van der Waals surface area contributed by atoms with Crippen molar-refractivity contribution in [2.75, 3.05) is 0 Å². The zero-order chi connectivity index (χ0) is 14.9. The van der Waals surface area contributed by atoms with Gasteiger partial charge in [0.2, 0.25) is 6.10 Å². The normalized spacial score (nSPS) is 15.1. The van der Waals surface area contributed by atoms with Crippen molar-refractivity contribution in [3.05, 3.63) is 40.9 Å². The summed E-state index contributed by atoms with van der Waals surface area (Å²) in [6.07, 6.45) is -6.52. The van der Waals surface area contributed by atoms with Crippen LogP contribution in [0.15, 0.2) is 40.9 Å². The van der Waals surface area contributed by atoms with Gasteiger partial charge in [-0.1, -0.05) is 28.1 Å². The molecule has 20 heavy (non-hydrogen) atoms. The fraction of sp³-hybridized carbons (Fsp3) is 0.286. The second-order valence-electron chi connectivity index (χ2n) is 4.59. The number of nitrogens with two attached hydrogens (primary N) is 1. The molecule has 0 saturated carbocycles. The van der Waals surface area contributed by atoms with Gasteiger partial charge >= 0.3 is 6.18 Å². The van der Waals surface area contributed by atoms with Gasteiger partial charge in [-0.25, -0.2) is 0 Å². The molecular weight excluding hydrogens is 335 g/mol. The van der Waals surface area contributed by atoms with Gasteiger partial charge in [0.25, 0.3) is 0 Å². The Labute approximate surface area is 122 Å². The topological polar surface area (TPSA) is 35.2 Å². The molecule has 2 N–H and O–H groups in total. The largest absolute Gasteiger partial charge is 0.479 e. The van der Waals surface area contributed by atoms with Crippen molar-refractivity contribution in [3.8, 4) is 5.75 Å². The van der Waals surface area contributed by atoms with Crippen LogP contribution in [-0.4, -0.2) is 18.3 Å². The second kappa shape index (κ2) is 5.61. The summed E-state index contributed by atoms with van der Waals surface area (Å²) in [5.41, 5.74) is 5.35. The molecule has 0 aliphatic carbocycles. The van der Waals surface area contributed by atoms with E-state index in [1.165, 1.54) is 13.0 Å². The summed E-state index contributed by atoms with van der Waals surface area (Å²) >= 11 is 3.34. The summed E-state index contributed by atoms with van der Waals surface area (Å²) in [6, 6.07) is 9.16. The average molecular weight is 348 g/mol. The van der Waals surface area contributed by atoms with Crippen molar-refractivity contribution in [2.24, 2.45) is 5.73 Å². The molecule has 2 unspecified atom stereocenters. The Hall–Kier alpha value is -1.27. The Kier molecular flexibility index (Phi) is 4.25. The number of halogens is 4. The van der Waals surface area contributed by atoms with Crippen molar-refractivity contribution in [3.63, 3.8) is 0 Å². The highest BCUT2D eigenvalue weighted by Crippen LogP contribution is 2.29. The van der Waals surface area contributed by atoms with E-state index in [1.54, 1.807) is 18.2 Å². The monoisotopic (exact) mass is 347 g/mol. The van der Waals surface area contributed by atoms with Gasteiger partial charge in [-0.15, -0.1) is 0 Å². The second-order valence-corrected chi connectivity index (χ2v) is 5.51. The van der Waals surface area contributed by atoms with Crippen LogP contribution >= 0.6 is 15.9 Å². The van der Waals surface area contributed by atoms with Crippen LogP contribution in [0.3, 0.4) is 0 Å². The molecular formula is C14H13BrF3NO. The Morgan fingerprint density at radius 3 is 2.30 bits per heavy atom. The third-order valence-corrected chi connectivity index (χ3v) is 3.33. The quantitative estimate of drug-likeness (QED) is 0.900. The molecule has 0 saturated heterocycles. The van der Waals surface area contributed by atoms with Crippen molar-refractivity contribution >= 4 is 26.7 Å². The zero-order valence-electron chi connectivity index (χ0n) is 10.6. The predicted molar refractivity (Wildman–Crippen MR) is 75.8 cm³/mol. The molecule has 108 valence electrons. The van der Waals surface area contributed by atoms with E-state index in [0.717, 1.165) is 15.2 Å². The van der Waals surface area contributed by atoms with Gasteiger partial charge in [-0.05, 0) is 42.0 Å². The lowest BCUT2D eigenvalue weighted by atomic mass is 10.1. The number of fused-ring (bicyclic) bond motifs is 1. The van der Waals surface area contributed by atoms with Crippen LogP contribution in [0.1, 0.15) is 6.92 Å². The first-order valence-corrected chi connectivity index (χ1v) is 6.75. The van der Waals surface area contributed by atoms with E-state index >= 15 is 0 Å². The van der Waals surface area contributed by atoms with Crippen LogP contribution in [0, 0.1) is 0 Å². The molecule has 0 aliphatic heterocycles. The van der Waals surface area contributed by atoms with Crippen LogP contribution in [0.4, 0.5) is 13.2 Å². The third kappa shape index (κ3) is 3.43. The molecule has 0 amide bonds. The van der Waals surface area contributed by atoms with Gasteiger partial charge in [-0.2, -0.15) is 13.2 Å². The Morgan fingerprint density at radius 1 is 1.10 bits per heavy atom.